The van der Waals surface area contributed by atoms with Gasteiger partial charge in [0.15, 0.2) is 0 Å². The Hall–Kier alpha value is -1.33. The molecule has 1 heterocycles. The van der Waals surface area contributed by atoms with E-state index in [4.69, 9.17) is 16.3 Å². The number of unbranched alkanes of at least 4 members (excludes halogenated alkanes) is 1. The van der Waals surface area contributed by atoms with Crippen molar-refractivity contribution in [3.05, 3.63) is 29.0 Å². The topological polar surface area (TPSA) is 32.8 Å². The number of anilines is 1. The summed E-state index contributed by atoms with van der Waals surface area (Å²) < 4.78 is 18.1. The monoisotopic (exact) mass is 328 g/mol. The number of hydrogen-bond donors (Lipinski definition) is 0. The Labute approximate surface area is 135 Å². The maximum Gasteiger partial charge on any atom is 0.222 e. The third kappa shape index (κ3) is 4.58. The Morgan fingerprint density at radius 2 is 2.00 bits per heavy atom. The highest BCUT2D eigenvalue weighted by atomic mass is 35.5. The number of halogens is 2. The van der Waals surface area contributed by atoms with Crippen molar-refractivity contribution in [2.75, 3.05) is 44.8 Å². The van der Waals surface area contributed by atoms with Crippen LogP contribution in [0.5, 0.6) is 0 Å². The zero-order valence-electron chi connectivity index (χ0n) is 12.9. The molecule has 1 saturated heterocycles. The Bertz CT molecular complexity index is 505. The number of piperazine rings is 1. The van der Waals surface area contributed by atoms with Crippen LogP contribution in [-0.2, 0) is 9.53 Å². The second-order valence-electron chi connectivity index (χ2n) is 5.41. The number of rotatable bonds is 6. The number of nitrogens with zero attached hydrogens (tertiary/aromatic N) is 2. The van der Waals surface area contributed by atoms with Crippen LogP contribution in [0.1, 0.15) is 19.3 Å². The minimum absolute atomic E-state index is 0.195. The van der Waals surface area contributed by atoms with Crippen molar-refractivity contribution in [1.29, 1.82) is 0 Å². The van der Waals surface area contributed by atoms with Gasteiger partial charge in [-0.05, 0) is 31.0 Å². The Kier molecular flexibility index (Phi) is 6.46. The summed E-state index contributed by atoms with van der Waals surface area (Å²) in [5.74, 6) is -0.139. The van der Waals surface area contributed by atoms with Crippen LogP contribution < -0.4 is 4.90 Å². The number of benzene rings is 1. The summed E-state index contributed by atoms with van der Waals surface area (Å²) >= 11 is 6.09. The molecule has 0 atom stereocenters. The van der Waals surface area contributed by atoms with Gasteiger partial charge >= 0.3 is 0 Å². The third-order valence-corrected chi connectivity index (χ3v) is 4.17. The first-order valence-corrected chi connectivity index (χ1v) is 7.96. The predicted molar refractivity (Wildman–Crippen MR) is 85.9 cm³/mol. The second-order valence-corrected chi connectivity index (χ2v) is 5.82. The van der Waals surface area contributed by atoms with Gasteiger partial charge in [0.2, 0.25) is 5.91 Å². The molecule has 0 aromatic heterocycles. The lowest BCUT2D eigenvalue weighted by molar-refractivity contribution is -0.131. The van der Waals surface area contributed by atoms with E-state index in [0.29, 0.717) is 31.1 Å². The van der Waals surface area contributed by atoms with E-state index in [1.165, 1.54) is 12.1 Å². The number of methoxy groups -OCH3 is 1. The Morgan fingerprint density at radius 1 is 1.27 bits per heavy atom. The molecule has 1 aliphatic rings. The van der Waals surface area contributed by atoms with E-state index in [9.17, 15) is 9.18 Å². The Morgan fingerprint density at radius 3 is 2.64 bits per heavy atom. The van der Waals surface area contributed by atoms with Gasteiger partial charge in [0.1, 0.15) is 5.82 Å². The molecule has 0 spiro atoms. The van der Waals surface area contributed by atoms with Crippen LogP contribution in [0.3, 0.4) is 0 Å². The summed E-state index contributed by atoms with van der Waals surface area (Å²) in [5.41, 5.74) is 0.829. The van der Waals surface area contributed by atoms with Crippen molar-refractivity contribution >= 4 is 23.2 Å². The molecule has 0 radical (unpaired) electrons. The number of ether oxygens (including phenoxy) is 1. The van der Waals surface area contributed by atoms with Gasteiger partial charge in [0, 0.05) is 46.3 Å². The molecule has 0 bridgehead atoms. The zero-order valence-corrected chi connectivity index (χ0v) is 13.6. The average molecular weight is 329 g/mol. The lowest BCUT2D eigenvalue weighted by Gasteiger charge is -2.36. The van der Waals surface area contributed by atoms with E-state index >= 15 is 0 Å². The third-order valence-electron chi connectivity index (χ3n) is 3.87. The molecule has 0 aliphatic carbocycles. The maximum atomic E-state index is 13.1. The largest absolute Gasteiger partial charge is 0.385 e. The lowest BCUT2D eigenvalue weighted by atomic mass is 10.2. The summed E-state index contributed by atoms with van der Waals surface area (Å²) in [6.45, 7) is 3.49. The SMILES string of the molecule is COCCCCC(=O)N1CCN(c2ccc(F)cc2Cl)CC1. The molecule has 22 heavy (non-hydrogen) atoms. The van der Waals surface area contributed by atoms with Crippen LogP contribution in [0.4, 0.5) is 10.1 Å². The van der Waals surface area contributed by atoms with Gasteiger partial charge in [-0.3, -0.25) is 4.79 Å². The van der Waals surface area contributed by atoms with Gasteiger partial charge in [-0.15, -0.1) is 0 Å². The first-order valence-electron chi connectivity index (χ1n) is 7.58. The van der Waals surface area contributed by atoms with Crippen LogP contribution in [0.15, 0.2) is 18.2 Å². The lowest BCUT2D eigenvalue weighted by Crippen LogP contribution is -2.48. The second kappa shape index (κ2) is 8.34. The highest BCUT2D eigenvalue weighted by molar-refractivity contribution is 6.33. The van der Waals surface area contributed by atoms with E-state index in [1.807, 2.05) is 4.90 Å². The van der Waals surface area contributed by atoms with E-state index in [2.05, 4.69) is 4.90 Å². The molecule has 1 amide bonds. The van der Waals surface area contributed by atoms with Gasteiger partial charge in [-0.25, -0.2) is 4.39 Å². The number of hydrogen-bond acceptors (Lipinski definition) is 3. The highest BCUT2D eigenvalue weighted by Crippen LogP contribution is 2.27. The van der Waals surface area contributed by atoms with Gasteiger partial charge in [-0.1, -0.05) is 11.6 Å². The fraction of sp³-hybridized carbons (Fsp3) is 0.562. The molecule has 0 saturated carbocycles. The zero-order chi connectivity index (χ0) is 15.9. The molecule has 4 nitrogen and oxygen atoms in total. The van der Waals surface area contributed by atoms with E-state index in [0.717, 1.165) is 31.6 Å². The van der Waals surface area contributed by atoms with Crippen molar-refractivity contribution < 1.29 is 13.9 Å². The number of carbonyl (C=O) groups excluding carboxylic acids is 1. The molecule has 0 N–H and O–H groups in total. The maximum absolute atomic E-state index is 13.1. The predicted octanol–water partition coefficient (Wildman–Crippen LogP) is 2.94. The number of carbonyl (C=O) groups is 1. The standard InChI is InChI=1S/C16H22ClFN2O2/c1-22-11-3-2-4-16(21)20-9-7-19(8-10-20)15-6-5-13(18)12-14(15)17/h5-6,12H,2-4,7-11H2,1H3. The summed E-state index contributed by atoms with van der Waals surface area (Å²) in [6, 6.07) is 4.43. The van der Waals surface area contributed by atoms with Gasteiger partial charge in [0.25, 0.3) is 0 Å². The molecule has 122 valence electrons. The summed E-state index contributed by atoms with van der Waals surface area (Å²) in [7, 11) is 1.67. The molecule has 2 rings (SSSR count). The van der Waals surface area contributed by atoms with Crippen LogP contribution in [0, 0.1) is 5.82 Å². The first kappa shape index (κ1) is 17.0. The minimum Gasteiger partial charge on any atom is -0.385 e. The van der Waals surface area contributed by atoms with Crippen LogP contribution in [0.2, 0.25) is 5.02 Å². The fourth-order valence-corrected chi connectivity index (χ4v) is 2.90. The smallest absolute Gasteiger partial charge is 0.222 e. The van der Waals surface area contributed by atoms with Crippen LogP contribution in [0.25, 0.3) is 0 Å². The average Bonchev–Trinajstić information content (AvgIpc) is 2.52. The molecule has 1 aromatic carbocycles. The van der Waals surface area contributed by atoms with Crippen molar-refractivity contribution in [3.8, 4) is 0 Å². The minimum atomic E-state index is -0.335. The van der Waals surface area contributed by atoms with Gasteiger partial charge in [0.05, 0.1) is 10.7 Å². The quantitative estimate of drug-likeness (QED) is 0.753. The molecule has 0 unspecified atom stereocenters. The fourth-order valence-electron chi connectivity index (χ4n) is 2.62. The van der Waals surface area contributed by atoms with Gasteiger partial charge in [-0.2, -0.15) is 0 Å². The Balaban J connectivity index is 1.81. The molecule has 1 aliphatic heterocycles. The normalized spacial score (nSPS) is 15.2. The van der Waals surface area contributed by atoms with Crippen molar-refractivity contribution in [2.45, 2.75) is 19.3 Å². The van der Waals surface area contributed by atoms with E-state index in [-0.39, 0.29) is 11.7 Å². The van der Waals surface area contributed by atoms with E-state index < -0.39 is 0 Å². The van der Waals surface area contributed by atoms with E-state index in [1.54, 1.807) is 13.2 Å². The molecule has 1 fully saturated rings. The van der Waals surface area contributed by atoms with Crippen LogP contribution in [-0.4, -0.2) is 50.7 Å². The summed E-state index contributed by atoms with van der Waals surface area (Å²) in [4.78, 5) is 16.1. The summed E-state index contributed by atoms with van der Waals surface area (Å²) in [5, 5.41) is 0.416. The molecular formula is C16H22ClFN2O2. The molecule has 1 aromatic rings. The molecular weight excluding hydrogens is 307 g/mol. The van der Waals surface area contributed by atoms with Crippen molar-refractivity contribution in [2.24, 2.45) is 0 Å². The van der Waals surface area contributed by atoms with Crippen LogP contribution >= 0.6 is 11.6 Å². The number of amides is 1. The summed E-state index contributed by atoms with van der Waals surface area (Å²) in [6.07, 6.45) is 2.34. The van der Waals surface area contributed by atoms with Gasteiger partial charge < -0.3 is 14.5 Å². The van der Waals surface area contributed by atoms with Crippen molar-refractivity contribution in [1.82, 2.24) is 4.90 Å². The molecule has 6 heteroatoms. The highest BCUT2D eigenvalue weighted by Gasteiger charge is 2.22. The first-order chi connectivity index (χ1) is 10.6. The van der Waals surface area contributed by atoms with Crippen molar-refractivity contribution in [3.63, 3.8) is 0 Å².